The standard InChI is InChI=1S/C15H17N3S/c1-10-7-12(11(2)19-10)8-16-9-15-17-13-5-3-4-6-14(13)18-15/h3-7,16H,8-9H2,1-2H3,(H,17,18). The molecule has 0 fully saturated rings. The smallest absolute Gasteiger partial charge is 0.121 e. The van der Waals surface area contributed by atoms with Gasteiger partial charge in [0.05, 0.1) is 17.6 Å². The van der Waals surface area contributed by atoms with Crippen LogP contribution in [0.2, 0.25) is 0 Å². The van der Waals surface area contributed by atoms with E-state index < -0.39 is 0 Å². The number of para-hydroxylation sites is 2. The number of imidazole rings is 1. The fraction of sp³-hybridized carbons (Fsp3) is 0.267. The van der Waals surface area contributed by atoms with Crippen LogP contribution in [0.25, 0.3) is 11.0 Å². The van der Waals surface area contributed by atoms with Crippen LogP contribution in [0.1, 0.15) is 21.1 Å². The van der Waals surface area contributed by atoms with Gasteiger partial charge < -0.3 is 10.3 Å². The van der Waals surface area contributed by atoms with E-state index in [-0.39, 0.29) is 0 Å². The number of aromatic nitrogens is 2. The van der Waals surface area contributed by atoms with Gasteiger partial charge in [0.1, 0.15) is 5.82 Å². The van der Waals surface area contributed by atoms with Gasteiger partial charge in [-0.25, -0.2) is 4.98 Å². The van der Waals surface area contributed by atoms with E-state index in [9.17, 15) is 0 Å². The summed E-state index contributed by atoms with van der Waals surface area (Å²) < 4.78 is 0. The zero-order valence-electron chi connectivity index (χ0n) is 11.2. The monoisotopic (exact) mass is 271 g/mol. The lowest BCUT2D eigenvalue weighted by Gasteiger charge is -2.01. The first-order chi connectivity index (χ1) is 9.22. The van der Waals surface area contributed by atoms with E-state index in [2.05, 4.69) is 41.3 Å². The van der Waals surface area contributed by atoms with Gasteiger partial charge in [-0.05, 0) is 37.6 Å². The first-order valence-electron chi connectivity index (χ1n) is 6.42. The molecule has 0 atom stereocenters. The van der Waals surface area contributed by atoms with Crippen molar-refractivity contribution in [1.82, 2.24) is 15.3 Å². The highest BCUT2D eigenvalue weighted by Gasteiger charge is 2.04. The second-order valence-corrected chi connectivity index (χ2v) is 6.20. The second kappa shape index (κ2) is 5.15. The van der Waals surface area contributed by atoms with Crippen LogP contribution in [0.5, 0.6) is 0 Å². The van der Waals surface area contributed by atoms with Gasteiger partial charge in [-0.1, -0.05) is 12.1 Å². The summed E-state index contributed by atoms with van der Waals surface area (Å²) in [5.74, 6) is 0.991. The number of hydrogen-bond acceptors (Lipinski definition) is 3. The van der Waals surface area contributed by atoms with Crippen LogP contribution in [-0.2, 0) is 13.1 Å². The summed E-state index contributed by atoms with van der Waals surface area (Å²) in [5.41, 5.74) is 3.52. The van der Waals surface area contributed by atoms with Gasteiger partial charge in [0.15, 0.2) is 0 Å². The molecule has 19 heavy (non-hydrogen) atoms. The zero-order valence-corrected chi connectivity index (χ0v) is 12.0. The molecule has 98 valence electrons. The molecule has 0 aliphatic carbocycles. The van der Waals surface area contributed by atoms with E-state index in [1.807, 2.05) is 29.5 Å². The van der Waals surface area contributed by atoms with Crippen molar-refractivity contribution in [2.24, 2.45) is 0 Å². The molecule has 0 radical (unpaired) electrons. The minimum atomic E-state index is 0.767. The van der Waals surface area contributed by atoms with E-state index in [1.54, 1.807) is 0 Å². The molecule has 0 unspecified atom stereocenters. The van der Waals surface area contributed by atoms with Gasteiger partial charge in [0.25, 0.3) is 0 Å². The number of aromatic amines is 1. The summed E-state index contributed by atoms with van der Waals surface area (Å²) in [4.78, 5) is 10.7. The minimum absolute atomic E-state index is 0.767. The summed E-state index contributed by atoms with van der Waals surface area (Å²) >= 11 is 1.86. The molecule has 0 bridgehead atoms. The molecular formula is C15H17N3S. The number of hydrogen-bond donors (Lipinski definition) is 2. The third-order valence-corrected chi connectivity index (χ3v) is 4.20. The predicted octanol–water partition coefficient (Wildman–Crippen LogP) is 3.53. The Kier molecular flexibility index (Phi) is 3.36. The molecule has 2 N–H and O–H groups in total. The number of nitrogens with one attached hydrogen (secondary N) is 2. The SMILES string of the molecule is Cc1cc(CNCc2nc3ccccc3[nH]2)c(C)s1. The maximum atomic E-state index is 4.56. The molecule has 3 rings (SSSR count). The van der Waals surface area contributed by atoms with E-state index in [4.69, 9.17) is 0 Å². The normalized spacial score (nSPS) is 11.3. The van der Waals surface area contributed by atoms with E-state index in [1.165, 1.54) is 15.3 Å². The summed E-state index contributed by atoms with van der Waals surface area (Å²) in [6.07, 6.45) is 0. The van der Waals surface area contributed by atoms with Crippen molar-refractivity contribution in [1.29, 1.82) is 0 Å². The van der Waals surface area contributed by atoms with Crippen molar-refractivity contribution in [3.05, 3.63) is 51.5 Å². The van der Waals surface area contributed by atoms with Crippen molar-refractivity contribution in [2.75, 3.05) is 0 Å². The highest BCUT2D eigenvalue weighted by molar-refractivity contribution is 7.12. The van der Waals surface area contributed by atoms with E-state index >= 15 is 0 Å². The Morgan fingerprint density at radius 1 is 1.21 bits per heavy atom. The average molecular weight is 271 g/mol. The molecule has 0 saturated carbocycles. The predicted molar refractivity (Wildman–Crippen MR) is 80.4 cm³/mol. The molecule has 2 heterocycles. The molecular weight excluding hydrogens is 254 g/mol. The van der Waals surface area contributed by atoms with Gasteiger partial charge in [-0.15, -0.1) is 11.3 Å². The molecule has 0 amide bonds. The van der Waals surface area contributed by atoms with Crippen molar-refractivity contribution in [3.63, 3.8) is 0 Å². The van der Waals surface area contributed by atoms with Gasteiger partial charge >= 0.3 is 0 Å². The Balaban J connectivity index is 1.64. The van der Waals surface area contributed by atoms with Gasteiger partial charge in [0.2, 0.25) is 0 Å². The van der Waals surface area contributed by atoms with Crippen molar-refractivity contribution < 1.29 is 0 Å². The lowest BCUT2D eigenvalue weighted by molar-refractivity contribution is 0.670. The Hall–Kier alpha value is -1.65. The highest BCUT2D eigenvalue weighted by Crippen LogP contribution is 2.20. The Bertz CT molecular complexity index is 663. The summed E-state index contributed by atoms with van der Waals surface area (Å²) in [5, 5.41) is 3.45. The lowest BCUT2D eigenvalue weighted by Crippen LogP contribution is -2.13. The number of fused-ring (bicyclic) bond motifs is 1. The number of thiophene rings is 1. The van der Waals surface area contributed by atoms with Crippen LogP contribution in [0.4, 0.5) is 0 Å². The third kappa shape index (κ3) is 2.69. The fourth-order valence-electron chi connectivity index (χ4n) is 2.26. The summed E-state index contributed by atoms with van der Waals surface area (Å²) in [6, 6.07) is 10.4. The molecule has 2 aromatic heterocycles. The maximum Gasteiger partial charge on any atom is 0.121 e. The lowest BCUT2D eigenvalue weighted by atomic mass is 10.2. The first-order valence-corrected chi connectivity index (χ1v) is 7.24. The van der Waals surface area contributed by atoms with Gasteiger partial charge in [-0.3, -0.25) is 0 Å². The molecule has 0 aliphatic heterocycles. The Morgan fingerprint density at radius 2 is 2.05 bits per heavy atom. The van der Waals surface area contributed by atoms with Crippen LogP contribution >= 0.6 is 11.3 Å². The van der Waals surface area contributed by atoms with Gasteiger partial charge in [-0.2, -0.15) is 0 Å². The summed E-state index contributed by atoms with van der Waals surface area (Å²) in [7, 11) is 0. The van der Waals surface area contributed by atoms with E-state index in [0.717, 1.165) is 29.9 Å². The molecule has 4 heteroatoms. The van der Waals surface area contributed by atoms with E-state index in [0.29, 0.717) is 0 Å². The molecule has 3 aromatic rings. The van der Waals surface area contributed by atoms with Gasteiger partial charge in [0, 0.05) is 16.3 Å². The molecule has 1 aromatic carbocycles. The van der Waals surface area contributed by atoms with Crippen LogP contribution < -0.4 is 5.32 Å². The second-order valence-electron chi connectivity index (χ2n) is 4.74. The molecule has 0 spiro atoms. The third-order valence-electron chi connectivity index (χ3n) is 3.19. The van der Waals surface area contributed by atoms with Crippen LogP contribution in [0.15, 0.2) is 30.3 Å². The molecule has 0 aliphatic rings. The number of nitrogens with zero attached hydrogens (tertiary/aromatic N) is 1. The number of rotatable bonds is 4. The van der Waals surface area contributed by atoms with Crippen LogP contribution in [0.3, 0.4) is 0 Å². The van der Waals surface area contributed by atoms with Crippen molar-refractivity contribution in [3.8, 4) is 0 Å². The minimum Gasteiger partial charge on any atom is -0.341 e. The quantitative estimate of drug-likeness (QED) is 0.762. The number of aryl methyl sites for hydroxylation is 2. The van der Waals surface area contributed by atoms with Crippen LogP contribution in [-0.4, -0.2) is 9.97 Å². The topological polar surface area (TPSA) is 40.7 Å². The van der Waals surface area contributed by atoms with Crippen molar-refractivity contribution >= 4 is 22.4 Å². The Labute approximate surface area is 116 Å². The Morgan fingerprint density at radius 3 is 2.79 bits per heavy atom. The first kappa shape index (κ1) is 12.4. The zero-order chi connectivity index (χ0) is 13.2. The fourth-order valence-corrected chi connectivity index (χ4v) is 3.21. The number of H-pyrrole nitrogens is 1. The largest absolute Gasteiger partial charge is 0.341 e. The van der Waals surface area contributed by atoms with Crippen molar-refractivity contribution in [2.45, 2.75) is 26.9 Å². The maximum absolute atomic E-state index is 4.56. The highest BCUT2D eigenvalue weighted by atomic mass is 32.1. The summed E-state index contributed by atoms with van der Waals surface area (Å²) in [6.45, 7) is 5.99. The number of benzene rings is 1. The van der Waals surface area contributed by atoms with Crippen LogP contribution in [0, 0.1) is 13.8 Å². The molecule has 3 nitrogen and oxygen atoms in total. The molecule has 0 saturated heterocycles. The average Bonchev–Trinajstić information content (AvgIpc) is 2.92.